The monoisotopic (exact) mass is 495 g/mol. The van der Waals surface area contributed by atoms with Gasteiger partial charge in [-0.1, -0.05) is 82.6 Å². The van der Waals surface area contributed by atoms with Crippen LogP contribution in [0.15, 0.2) is 0 Å². The summed E-state index contributed by atoms with van der Waals surface area (Å²) in [7, 11) is 0. The molecule has 4 heteroatoms. The summed E-state index contributed by atoms with van der Waals surface area (Å²) in [4.78, 5) is 25.6. The van der Waals surface area contributed by atoms with Gasteiger partial charge in [-0.05, 0) is 75.0 Å². The summed E-state index contributed by atoms with van der Waals surface area (Å²) < 4.78 is 6.15. The summed E-state index contributed by atoms with van der Waals surface area (Å²) in [5, 5.41) is 3.09. The minimum Gasteiger partial charge on any atom is -0.465 e. The Balaban J connectivity index is 5.78. The Hall–Kier alpha value is -1.06. The third kappa shape index (κ3) is 12.2. The van der Waals surface area contributed by atoms with Crippen molar-refractivity contribution in [2.24, 2.45) is 33.0 Å². The van der Waals surface area contributed by atoms with E-state index < -0.39 is 11.0 Å². The van der Waals surface area contributed by atoms with Crippen LogP contribution in [0.2, 0.25) is 0 Å². The lowest BCUT2D eigenvalue weighted by Crippen LogP contribution is -2.48. The molecular weight excluding hydrogens is 434 g/mol. The summed E-state index contributed by atoms with van der Waals surface area (Å²) in [6.07, 6.45) is 5.08. The molecule has 0 spiro atoms. The maximum absolute atomic E-state index is 13.4. The van der Waals surface area contributed by atoms with Crippen molar-refractivity contribution < 1.29 is 14.3 Å². The second-order valence-corrected chi connectivity index (χ2v) is 15.8. The van der Waals surface area contributed by atoms with E-state index in [1.807, 2.05) is 34.6 Å². The van der Waals surface area contributed by atoms with Gasteiger partial charge in [0.2, 0.25) is 5.91 Å². The normalized spacial score (nSPS) is 15.1. The van der Waals surface area contributed by atoms with Crippen molar-refractivity contribution >= 4 is 11.9 Å². The van der Waals surface area contributed by atoms with E-state index in [1.54, 1.807) is 0 Å². The van der Waals surface area contributed by atoms with Crippen LogP contribution in [-0.4, -0.2) is 24.0 Å². The summed E-state index contributed by atoms with van der Waals surface area (Å²) >= 11 is 0. The third-order valence-corrected chi connectivity index (χ3v) is 7.54. The predicted octanol–water partition coefficient (Wildman–Crippen LogP) is 8.57. The molecule has 0 heterocycles. The first-order valence-corrected chi connectivity index (χ1v) is 13.9. The molecule has 1 amide bonds. The molecule has 0 saturated heterocycles. The number of rotatable bonds is 14. The highest BCUT2D eigenvalue weighted by atomic mass is 16.5. The van der Waals surface area contributed by atoms with E-state index in [0.717, 1.165) is 25.7 Å². The second-order valence-electron chi connectivity index (χ2n) is 15.8. The van der Waals surface area contributed by atoms with Crippen LogP contribution in [0.5, 0.6) is 0 Å². The average molecular weight is 496 g/mol. The molecule has 0 aromatic heterocycles. The van der Waals surface area contributed by atoms with Crippen molar-refractivity contribution in [2.45, 2.75) is 148 Å². The van der Waals surface area contributed by atoms with Gasteiger partial charge in [0, 0.05) is 17.9 Å². The molecule has 0 saturated carbocycles. The first-order valence-electron chi connectivity index (χ1n) is 13.9. The predicted molar refractivity (Wildman–Crippen MR) is 150 cm³/mol. The average Bonchev–Trinajstić information content (AvgIpc) is 2.56. The summed E-state index contributed by atoms with van der Waals surface area (Å²) in [5.41, 5.74) is -0.764. The van der Waals surface area contributed by atoms with E-state index in [-0.39, 0.29) is 39.5 Å². The van der Waals surface area contributed by atoms with Crippen molar-refractivity contribution in [2.75, 3.05) is 6.61 Å². The van der Waals surface area contributed by atoms with E-state index >= 15 is 0 Å². The first-order chi connectivity index (χ1) is 15.4. The maximum Gasteiger partial charge on any atom is 0.311 e. The van der Waals surface area contributed by atoms with E-state index in [4.69, 9.17) is 4.74 Å². The van der Waals surface area contributed by atoms with Gasteiger partial charge < -0.3 is 10.1 Å². The number of hydrogen-bond acceptors (Lipinski definition) is 3. The zero-order chi connectivity index (χ0) is 28.1. The number of nitrogens with one attached hydrogen (secondary N) is 1. The van der Waals surface area contributed by atoms with Gasteiger partial charge in [0.25, 0.3) is 0 Å². The van der Waals surface area contributed by atoms with Crippen LogP contribution in [0.1, 0.15) is 142 Å². The lowest BCUT2D eigenvalue weighted by molar-refractivity contribution is -0.161. The molecule has 0 aliphatic carbocycles. The van der Waals surface area contributed by atoms with Crippen LogP contribution in [0.25, 0.3) is 0 Å². The highest BCUT2D eigenvalue weighted by molar-refractivity contribution is 5.78. The molecular formula is C31H61NO3. The fourth-order valence-electron chi connectivity index (χ4n) is 6.72. The molecule has 1 N–H and O–H groups in total. The van der Waals surface area contributed by atoms with Crippen LogP contribution in [-0.2, 0) is 14.3 Å². The molecule has 208 valence electrons. The number of esters is 1. The van der Waals surface area contributed by atoms with E-state index in [9.17, 15) is 9.59 Å². The van der Waals surface area contributed by atoms with Gasteiger partial charge in [-0.15, -0.1) is 0 Å². The maximum atomic E-state index is 13.4. The van der Waals surface area contributed by atoms with Gasteiger partial charge in [-0.25, -0.2) is 0 Å². The van der Waals surface area contributed by atoms with Crippen LogP contribution in [0, 0.1) is 33.0 Å². The SMILES string of the molecule is CCCC(=O)NC(C)(C)CC(C)(C)C(=O)OCC(C(C)(C)CC(C)(C)C)C(C)(C)CC(C)(C)CC. The fraction of sp³-hybridized carbons (Fsp3) is 0.935. The topological polar surface area (TPSA) is 55.4 Å². The van der Waals surface area contributed by atoms with E-state index in [0.29, 0.717) is 19.4 Å². The van der Waals surface area contributed by atoms with Crippen molar-refractivity contribution in [1.82, 2.24) is 5.32 Å². The van der Waals surface area contributed by atoms with Crippen LogP contribution < -0.4 is 5.32 Å². The third-order valence-electron chi connectivity index (χ3n) is 7.54. The molecule has 4 nitrogen and oxygen atoms in total. The zero-order valence-electron chi connectivity index (χ0n) is 26.3. The van der Waals surface area contributed by atoms with E-state index in [1.165, 1.54) is 0 Å². The summed E-state index contributed by atoms with van der Waals surface area (Å²) in [5.74, 6) is 0.0699. The highest BCUT2D eigenvalue weighted by Gasteiger charge is 2.46. The summed E-state index contributed by atoms with van der Waals surface area (Å²) in [6.45, 7) is 33.5. The molecule has 35 heavy (non-hydrogen) atoms. The fourth-order valence-corrected chi connectivity index (χ4v) is 6.72. The number of carbonyl (C=O) groups excluding carboxylic acids is 2. The van der Waals surface area contributed by atoms with E-state index in [2.05, 4.69) is 74.6 Å². The number of hydrogen-bond donors (Lipinski definition) is 1. The molecule has 0 bridgehead atoms. The van der Waals surface area contributed by atoms with Crippen LogP contribution in [0.4, 0.5) is 0 Å². The minimum absolute atomic E-state index is 0.00337. The Bertz CT molecular complexity index is 693. The second kappa shape index (κ2) is 12.0. The Kier molecular flexibility index (Phi) is 11.6. The van der Waals surface area contributed by atoms with Gasteiger partial charge in [0.15, 0.2) is 0 Å². The Morgan fingerprint density at radius 3 is 1.66 bits per heavy atom. The lowest BCUT2D eigenvalue weighted by atomic mass is 9.57. The lowest BCUT2D eigenvalue weighted by Gasteiger charge is -2.49. The molecule has 0 aliphatic heterocycles. The number of ether oxygens (including phenoxy) is 1. The van der Waals surface area contributed by atoms with Gasteiger partial charge in [-0.2, -0.15) is 0 Å². The van der Waals surface area contributed by atoms with Crippen molar-refractivity contribution in [1.29, 1.82) is 0 Å². The van der Waals surface area contributed by atoms with Crippen molar-refractivity contribution in [3.05, 3.63) is 0 Å². The van der Waals surface area contributed by atoms with Crippen molar-refractivity contribution in [3.63, 3.8) is 0 Å². The van der Waals surface area contributed by atoms with Gasteiger partial charge in [-0.3, -0.25) is 9.59 Å². The molecule has 0 aromatic carbocycles. The number of amides is 1. The molecule has 0 aliphatic rings. The zero-order valence-corrected chi connectivity index (χ0v) is 26.3. The molecule has 0 rings (SSSR count). The van der Waals surface area contributed by atoms with Gasteiger partial charge >= 0.3 is 5.97 Å². The Labute approximate surface area is 219 Å². The van der Waals surface area contributed by atoms with Crippen LogP contribution >= 0.6 is 0 Å². The Morgan fingerprint density at radius 2 is 1.23 bits per heavy atom. The first kappa shape index (κ1) is 33.9. The molecule has 1 unspecified atom stereocenters. The van der Waals surface area contributed by atoms with Gasteiger partial charge in [0.1, 0.15) is 0 Å². The quantitative estimate of drug-likeness (QED) is 0.245. The molecule has 1 atom stereocenters. The van der Waals surface area contributed by atoms with Gasteiger partial charge in [0.05, 0.1) is 12.0 Å². The Morgan fingerprint density at radius 1 is 0.743 bits per heavy atom. The smallest absolute Gasteiger partial charge is 0.311 e. The summed E-state index contributed by atoms with van der Waals surface area (Å²) in [6, 6.07) is 0. The largest absolute Gasteiger partial charge is 0.465 e. The van der Waals surface area contributed by atoms with Crippen molar-refractivity contribution in [3.8, 4) is 0 Å². The molecule has 0 fully saturated rings. The molecule has 0 aromatic rings. The highest BCUT2D eigenvalue weighted by Crippen LogP contribution is 2.51. The minimum atomic E-state index is -0.700. The molecule has 0 radical (unpaired) electrons. The standard InChI is InChI=1S/C31H61NO3/c1-16-18-24(33)32-31(14,15)22-30(12,13)25(34)35-19-23(28(8,9)20-26(3,4)5)29(10,11)21-27(6,7)17-2/h23H,16-22H2,1-15H3,(H,32,33). The van der Waals surface area contributed by atoms with Crippen LogP contribution in [0.3, 0.4) is 0 Å². The number of carbonyl (C=O) groups is 2.